The molecule has 2 fully saturated rings. The third-order valence-corrected chi connectivity index (χ3v) is 6.02. The molecule has 2 saturated heterocycles. The lowest BCUT2D eigenvalue weighted by Crippen LogP contribution is -2.50. The summed E-state index contributed by atoms with van der Waals surface area (Å²) < 4.78 is 0. The van der Waals surface area contributed by atoms with Crippen LogP contribution in [-0.4, -0.2) is 40.9 Å². The molecule has 24 heavy (non-hydrogen) atoms. The fourth-order valence-corrected chi connectivity index (χ4v) is 4.82. The molecule has 1 atom stereocenters. The molecule has 0 spiro atoms. The first-order valence-electron chi connectivity index (χ1n) is 8.75. The molecule has 0 radical (unpaired) electrons. The summed E-state index contributed by atoms with van der Waals surface area (Å²) in [6, 6.07) is 12.8. The summed E-state index contributed by atoms with van der Waals surface area (Å²) in [7, 11) is 0. The highest BCUT2D eigenvalue weighted by molar-refractivity contribution is 7.99. The summed E-state index contributed by atoms with van der Waals surface area (Å²) in [6.45, 7) is 2.98. The van der Waals surface area contributed by atoms with E-state index in [2.05, 4.69) is 40.6 Å². The lowest BCUT2D eigenvalue weighted by Gasteiger charge is -2.31. The molecule has 2 heterocycles. The molecule has 5 heteroatoms. The van der Waals surface area contributed by atoms with Crippen molar-refractivity contribution < 1.29 is 4.79 Å². The van der Waals surface area contributed by atoms with Gasteiger partial charge in [0.25, 0.3) is 0 Å². The highest BCUT2D eigenvalue weighted by atomic mass is 32.2. The largest absolute Gasteiger partial charge is 0.338 e. The molecule has 1 aromatic rings. The first-order valence-corrected chi connectivity index (χ1v) is 9.91. The zero-order valence-corrected chi connectivity index (χ0v) is 14.9. The minimum absolute atomic E-state index is 0.0509. The van der Waals surface area contributed by atoms with Crippen molar-refractivity contribution in [3.8, 4) is 6.07 Å². The highest BCUT2D eigenvalue weighted by Crippen LogP contribution is 2.27. The number of amides is 1. The Morgan fingerprint density at radius 3 is 2.79 bits per heavy atom. The van der Waals surface area contributed by atoms with Gasteiger partial charge in [-0.05, 0) is 48.8 Å². The van der Waals surface area contributed by atoms with Gasteiger partial charge >= 0.3 is 0 Å². The van der Waals surface area contributed by atoms with Crippen LogP contribution in [0.1, 0.15) is 31.2 Å². The maximum Gasteiger partial charge on any atom is 0.221 e. The Labute approximate surface area is 148 Å². The number of carbonyl (C=O) groups excluding carboxylic acids is 1. The SMILES string of the molecule is N#CC1(NC(=O)C[C@@H]2CCN(Cc3ccccc3)C2)CCSCC1. The van der Waals surface area contributed by atoms with Crippen molar-refractivity contribution in [1.82, 2.24) is 10.2 Å². The summed E-state index contributed by atoms with van der Waals surface area (Å²) in [5.74, 6) is 2.38. The molecular formula is C19H25N3OS. The molecule has 128 valence electrons. The summed E-state index contributed by atoms with van der Waals surface area (Å²) in [4.78, 5) is 14.8. The third-order valence-electron chi connectivity index (χ3n) is 5.03. The van der Waals surface area contributed by atoms with Crippen molar-refractivity contribution in [3.63, 3.8) is 0 Å². The van der Waals surface area contributed by atoms with Gasteiger partial charge in [0.1, 0.15) is 5.54 Å². The van der Waals surface area contributed by atoms with Gasteiger partial charge in [0.2, 0.25) is 5.91 Å². The van der Waals surface area contributed by atoms with Gasteiger partial charge in [-0.1, -0.05) is 30.3 Å². The number of benzene rings is 1. The normalized spacial score (nSPS) is 23.5. The van der Waals surface area contributed by atoms with Crippen molar-refractivity contribution in [1.29, 1.82) is 5.26 Å². The molecule has 3 rings (SSSR count). The number of hydrogen-bond donors (Lipinski definition) is 1. The molecule has 0 aromatic heterocycles. The van der Waals surface area contributed by atoms with E-state index < -0.39 is 5.54 Å². The third kappa shape index (κ3) is 4.52. The van der Waals surface area contributed by atoms with Crippen LogP contribution in [0.5, 0.6) is 0 Å². The second-order valence-electron chi connectivity index (χ2n) is 6.93. The fraction of sp³-hybridized carbons (Fsp3) is 0.579. The van der Waals surface area contributed by atoms with Crippen LogP contribution >= 0.6 is 11.8 Å². The number of carbonyl (C=O) groups is 1. The summed E-state index contributed by atoms with van der Waals surface area (Å²) >= 11 is 1.86. The second-order valence-corrected chi connectivity index (χ2v) is 8.16. The molecular weight excluding hydrogens is 318 g/mol. The Bertz CT molecular complexity index is 592. The van der Waals surface area contributed by atoms with Crippen LogP contribution in [0.25, 0.3) is 0 Å². The number of thioether (sulfide) groups is 1. The Morgan fingerprint density at radius 1 is 1.33 bits per heavy atom. The van der Waals surface area contributed by atoms with E-state index >= 15 is 0 Å². The van der Waals surface area contributed by atoms with Crippen molar-refractivity contribution >= 4 is 17.7 Å². The fourth-order valence-electron chi connectivity index (χ4n) is 3.63. The summed E-state index contributed by atoms with van der Waals surface area (Å²) in [5.41, 5.74) is 0.704. The highest BCUT2D eigenvalue weighted by Gasteiger charge is 2.35. The molecule has 0 saturated carbocycles. The minimum Gasteiger partial charge on any atom is -0.338 e. The Balaban J connectivity index is 1.46. The van der Waals surface area contributed by atoms with Gasteiger partial charge in [-0.3, -0.25) is 9.69 Å². The van der Waals surface area contributed by atoms with E-state index in [4.69, 9.17) is 0 Å². The summed E-state index contributed by atoms with van der Waals surface area (Å²) in [6.07, 6.45) is 3.15. The molecule has 1 aromatic carbocycles. The van der Waals surface area contributed by atoms with E-state index in [1.165, 1.54) is 5.56 Å². The maximum absolute atomic E-state index is 12.4. The quantitative estimate of drug-likeness (QED) is 0.893. The van der Waals surface area contributed by atoms with E-state index in [0.717, 1.165) is 50.4 Å². The van der Waals surface area contributed by atoms with E-state index in [9.17, 15) is 10.1 Å². The standard InChI is InChI=1S/C19H25N3OS/c20-15-19(7-10-24-11-8-19)21-18(23)12-17-6-9-22(14-17)13-16-4-2-1-3-5-16/h1-5,17H,6-14H2,(H,21,23)/t17-/m0/s1. The van der Waals surface area contributed by atoms with Gasteiger partial charge < -0.3 is 5.32 Å². The summed E-state index contributed by atoms with van der Waals surface area (Å²) in [5, 5.41) is 12.5. The molecule has 0 aliphatic carbocycles. The first kappa shape index (κ1) is 17.3. The van der Waals surface area contributed by atoms with Crippen LogP contribution < -0.4 is 5.32 Å². The van der Waals surface area contributed by atoms with Crippen LogP contribution in [0, 0.1) is 17.2 Å². The van der Waals surface area contributed by atoms with Gasteiger partial charge in [-0.25, -0.2) is 0 Å². The number of nitriles is 1. The second kappa shape index (κ2) is 8.04. The molecule has 0 unspecified atom stereocenters. The number of rotatable bonds is 5. The van der Waals surface area contributed by atoms with Crippen LogP contribution in [0.2, 0.25) is 0 Å². The molecule has 4 nitrogen and oxygen atoms in total. The van der Waals surface area contributed by atoms with E-state index in [1.807, 2.05) is 17.8 Å². The van der Waals surface area contributed by atoms with Gasteiger partial charge in [-0.2, -0.15) is 17.0 Å². The molecule has 2 aliphatic heterocycles. The van der Waals surface area contributed by atoms with Crippen molar-refractivity contribution in [3.05, 3.63) is 35.9 Å². The lowest BCUT2D eigenvalue weighted by atomic mass is 9.93. The number of hydrogen-bond acceptors (Lipinski definition) is 4. The van der Waals surface area contributed by atoms with Gasteiger partial charge in [0.05, 0.1) is 6.07 Å². The molecule has 1 amide bonds. The zero-order chi connectivity index (χ0) is 16.8. The average molecular weight is 343 g/mol. The Hall–Kier alpha value is -1.51. The van der Waals surface area contributed by atoms with E-state index in [-0.39, 0.29) is 5.91 Å². The average Bonchev–Trinajstić information content (AvgIpc) is 3.03. The van der Waals surface area contributed by atoms with Gasteiger partial charge in [0, 0.05) is 19.5 Å². The topological polar surface area (TPSA) is 56.1 Å². The maximum atomic E-state index is 12.4. The van der Waals surface area contributed by atoms with Crippen molar-refractivity contribution in [2.24, 2.45) is 5.92 Å². The van der Waals surface area contributed by atoms with Gasteiger partial charge in [-0.15, -0.1) is 0 Å². The smallest absolute Gasteiger partial charge is 0.221 e. The molecule has 1 N–H and O–H groups in total. The number of nitrogens with zero attached hydrogens (tertiary/aromatic N) is 2. The number of likely N-dealkylation sites (tertiary alicyclic amines) is 1. The minimum atomic E-state index is -0.620. The van der Waals surface area contributed by atoms with Crippen LogP contribution in [-0.2, 0) is 11.3 Å². The van der Waals surface area contributed by atoms with Crippen LogP contribution in [0.15, 0.2) is 30.3 Å². The predicted octanol–water partition coefficient (Wildman–Crippen LogP) is 2.80. The predicted molar refractivity (Wildman–Crippen MR) is 97.5 cm³/mol. The number of nitrogens with one attached hydrogen (secondary N) is 1. The Kier molecular flexibility index (Phi) is 5.80. The molecule has 2 aliphatic rings. The van der Waals surface area contributed by atoms with Crippen molar-refractivity contribution in [2.45, 2.75) is 37.8 Å². The first-order chi connectivity index (χ1) is 11.7. The van der Waals surface area contributed by atoms with Gasteiger partial charge in [0.15, 0.2) is 0 Å². The zero-order valence-electron chi connectivity index (χ0n) is 14.0. The van der Waals surface area contributed by atoms with E-state index in [1.54, 1.807) is 0 Å². The molecule has 0 bridgehead atoms. The lowest BCUT2D eigenvalue weighted by molar-refractivity contribution is -0.123. The van der Waals surface area contributed by atoms with Crippen LogP contribution in [0.4, 0.5) is 0 Å². The Morgan fingerprint density at radius 2 is 2.08 bits per heavy atom. The monoisotopic (exact) mass is 343 g/mol. The van der Waals surface area contributed by atoms with E-state index in [0.29, 0.717) is 12.3 Å². The van der Waals surface area contributed by atoms with Crippen molar-refractivity contribution in [2.75, 3.05) is 24.6 Å². The van der Waals surface area contributed by atoms with Crippen LogP contribution in [0.3, 0.4) is 0 Å².